The number of likely N-dealkylation sites (tertiary alicyclic amines) is 1. The fourth-order valence-corrected chi connectivity index (χ4v) is 4.86. The highest BCUT2D eigenvalue weighted by Gasteiger charge is 2.42. The number of amides is 2. The quantitative estimate of drug-likeness (QED) is 0.751. The number of hydrogen-bond donors (Lipinski definition) is 0. The zero-order chi connectivity index (χ0) is 18.9. The number of piperidine rings is 1. The van der Waals surface area contributed by atoms with E-state index >= 15 is 0 Å². The van der Waals surface area contributed by atoms with Crippen LogP contribution in [0.25, 0.3) is 0 Å². The lowest BCUT2D eigenvalue weighted by molar-refractivity contribution is -0.146. The molecule has 0 atom stereocenters. The van der Waals surface area contributed by atoms with Gasteiger partial charge in [-0.3, -0.25) is 9.59 Å². The zero-order valence-corrected chi connectivity index (χ0v) is 17.3. The number of carbonyl (C=O) groups excluding carboxylic acids is 2. The van der Waals surface area contributed by atoms with Gasteiger partial charge in [-0.2, -0.15) is 0 Å². The summed E-state index contributed by atoms with van der Waals surface area (Å²) in [7, 11) is 0. The van der Waals surface area contributed by atoms with E-state index in [9.17, 15) is 9.59 Å². The summed E-state index contributed by atoms with van der Waals surface area (Å²) in [4.78, 5) is 30.1. The topological polar surface area (TPSA) is 40.6 Å². The van der Waals surface area contributed by atoms with E-state index < -0.39 is 0 Å². The predicted molar refractivity (Wildman–Crippen MR) is 105 cm³/mol. The summed E-state index contributed by atoms with van der Waals surface area (Å²) in [5, 5.41) is 0. The first-order chi connectivity index (χ1) is 12.3. The molecule has 1 saturated heterocycles. The molecule has 1 heterocycles. The van der Waals surface area contributed by atoms with E-state index in [0.29, 0.717) is 18.0 Å². The molecule has 3 aliphatic rings. The van der Waals surface area contributed by atoms with Crippen molar-refractivity contribution in [3.63, 3.8) is 0 Å². The van der Waals surface area contributed by atoms with Gasteiger partial charge in [0, 0.05) is 36.5 Å². The molecule has 3 rings (SSSR count). The van der Waals surface area contributed by atoms with Crippen LogP contribution in [0.2, 0.25) is 0 Å². The lowest BCUT2D eigenvalue weighted by atomic mass is 9.83. The standard InChI is InChI=1S/C22H38N2O2/c1-5-16-6-8-18(9-7-16)24(19-10-11-19)20(25)17-12-14-23(15-13-17)21(26)22(2,3)4/h16-19H,5-15H2,1-4H3. The van der Waals surface area contributed by atoms with E-state index in [1.54, 1.807) is 0 Å². The van der Waals surface area contributed by atoms with Crippen LogP contribution in [0.1, 0.15) is 85.5 Å². The molecular weight excluding hydrogens is 324 g/mol. The molecular formula is C22H38N2O2. The Hall–Kier alpha value is -1.06. The van der Waals surface area contributed by atoms with Crippen molar-refractivity contribution in [2.45, 2.75) is 97.6 Å². The zero-order valence-electron chi connectivity index (χ0n) is 17.3. The second-order valence-electron chi connectivity index (χ2n) is 9.88. The van der Waals surface area contributed by atoms with Gasteiger partial charge in [-0.15, -0.1) is 0 Å². The lowest BCUT2D eigenvalue weighted by Gasteiger charge is -2.41. The van der Waals surface area contributed by atoms with Crippen molar-refractivity contribution >= 4 is 11.8 Å². The van der Waals surface area contributed by atoms with E-state index in [0.717, 1.165) is 31.8 Å². The molecule has 0 aromatic rings. The Morgan fingerprint density at radius 1 is 0.885 bits per heavy atom. The van der Waals surface area contributed by atoms with Crippen LogP contribution in [0.3, 0.4) is 0 Å². The van der Waals surface area contributed by atoms with Crippen LogP contribution in [-0.4, -0.2) is 46.8 Å². The van der Waals surface area contributed by atoms with Crippen LogP contribution >= 0.6 is 0 Å². The Balaban J connectivity index is 1.57. The third-order valence-electron chi connectivity index (χ3n) is 6.75. The Morgan fingerprint density at radius 3 is 1.81 bits per heavy atom. The van der Waals surface area contributed by atoms with Gasteiger partial charge in [-0.1, -0.05) is 34.1 Å². The summed E-state index contributed by atoms with van der Waals surface area (Å²) in [5.74, 6) is 1.62. The summed E-state index contributed by atoms with van der Waals surface area (Å²) in [6.07, 6.45) is 10.3. The van der Waals surface area contributed by atoms with Gasteiger partial charge in [0.1, 0.15) is 0 Å². The van der Waals surface area contributed by atoms with Crippen LogP contribution in [0, 0.1) is 17.3 Å². The van der Waals surface area contributed by atoms with Crippen molar-refractivity contribution in [2.24, 2.45) is 17.3 Å². The first kappa shape index (κ1) is 19.7. The molecule has 1 aliphatic heterocycles. The Morgan fingerprint density at radius 2 is 1.38 bits per heavy atom. The molecule has 0 aromatic heterocycles. The lowest BCUT2D eigenvalue weighted by Crippen LogP contribution is -2.50. The SMILES string of the molecule is CCC1CCC(N(C(=O)C2CCN(C(=O)C(C)(C)C)CC2)C2CC2)CC1. The molecule has 26 heavy (non-hydrogen) atoms. The number of nitrogens with zero attached hydrogens (tertiary/aromatic N) is 2. The molecule has 0 unspecified atom stereocenters. The molecule has 0 bridgehead atoms. The highest BCUT2D eigenvalue weighted by atomic mass is 16.2. The van der Waals surface area contributed by atoms with Crippen molar-refractivity contribution in [3.05, 3.63) is 0 Å². The molecule has 4 heteroatoms. The third kappa shape index (κ3) is 4.43. The van der Waals surface area contributed by atoms with Crippen LogP contribution in [0.5, 0.6) is 0 Å². The van der Waals surface area contributed by atoms with Gasteiger partial charge in [-0.05, 0) is 57.3 Å². The molecule has 2 amide bonds. The smallest absolute Gasteiger partial charge is 0.227 e. The summed E-state index contributed by atoms with van der Waals surface area (Å²) < 4.78 is 0. The average molecular weight is 363 g/mol. The minimum Gasteiger partial charge on any atom is -0.342 e. The van der Waals surface area contributed by atoms with Crippen molar-refractivity contribution in [3.8, 4) is 0 Å². The summed E-state index contributed by atoms with van der Waals surface area (Å²) >= 11 is 0. The van der Waals surface area contributed by atoms with Crippen LogP contribution in [-0.2, 0) is 9.59 Å². The second kappa shape index (κ2) is 7.90. The predicted octanol–water partition coefficient (Wildman–Crippen LogP) is 4.23. The van der Waals surface area contributed by atoms with E-state index in [4.69, 9.17) is 0 Å². The normalized spacial score (nSPS) is 28.1. The first-order valence-corrected chi connectivity index (χ1v) is 10.9. The fourth-order valence-electron chi connectivity index (χ4n) is 4.86. The van der Waals surface area contributed by atoms with Gasteiger partial charge >= 0.3 is 0 Å². The molecule has 0 spiro atoms. The van der Waals surface area contributed by atoms with Crippen LogP contribution in [0.4, 0.5) is 0 Å². The minimum atomic E-state index is -0.325. The molecule has 2 saturated carbocycles. The Labute approximate surface area is 159 Å². The average Bonchev–Trinajstić information content (AvgIpc) is 3.46. The maximum absolute atomic E-state index is 13.3. The molecule has 3 fully saturated rings. The van der Waals surface area contributed by atoms with Gasteiger partial charge in [0.25, 0.3) is 0 Å². The molecule has 0 aromatic carbocycles. The summed E-state index contributed by atoms with van der Waals surface area (Å²) in [5.41, 5.74) is -0.325. The maximum atomic E-state index is 13.3. The van der Waals surface area contributed by atoms with Crippen LogP contribution in [0.15, 0.2) is 0 Å². The fraction of sp³-hybridized carbons (Fsp3) is 0.909. The van der Waals surface area contributed by atoms with Crippen molar-refractivity contribution in [1.82, 2.24) is 9.80 Å². The highest BCUT2D eigenvalue weighted by Crippen LogP contribution is 2.38. The Kier molecular flexibility index (Phi) is 5.98. The van der Waals surface area contributed by atoms with Crippen molar-refractivity contribution in [2.75, 3.05) is 13.1 Å². The molecule has 0 radical (unpaired) electrons. The van der Waals surface area contributed by atoms with Gasteiger partial charge in [-0.25, -0.2) is 0 Å². The summed E-state index contributed by atoms with van der Waals surface area (Å²) in [6, 6.07) is 0.993. The third-order valence-corrected chi connectivity index (χ3v) is 6.75. The highest BCUT2D eigenvalue weighted by molar-refractivity contribution is 5.83. The Bertz CT molecular complexity index is 505. The van der Waals surface area contributed by atoms with E-state index in [-0.39, 0.29) is 17.2 Å². The largest absolute Gasteiger partial charge is 0.342 e. The molecule has 0 N–H and O–H groups in total. The number of carbonyl (C=O) groups is 2. The van der Waals surface area contributed by atoms with Crippen molar-refractivity contribution < 1.29 is 9.59 Å². The van der Waals surface area contributed by atoms with E-state index in [1.807, 2.05) is 25.7 Å². The minimum absolute atomic E-state index is 0.128. The summed E-state index contributed by atoms with van der Waals surface area (Å²) in [6.45, 7) is 9.72. The number of hydrogen-bond acceptors (Lipinski definition) is 2. The maximum Gasteiger partial charge on any atom is 0.227 e. The van der Waals surface area contributed by atoms with E-state index in [1.165, 1.54) is 44.9 Å². The second-order valence-corrected chi connectivity index (χ2v) is 9.88. The monoisotopic (exact) mass is 362 g/mol. The number of rotatable bonds is 4. The first-order valence-electron chi connectivity index (χ1n) is 10.9. The molecule has 2 aliphatic carbocycles. The van der Waals surface area contributed by atoms with Gasteiger partial charge in [0.15, 0.2) is 0 Å². The van der Waals surface area contributed by atoms with Crippen molar-refractivity contribution in [1.29, 1.82) is 0 Å². The van der Waals surface area contributed by atoms with Gasteiger partial charge in [0.2, 0.25) is 11.8 Å². The van der Waals surface area contributed by atoms with Crippen LogP contribution < -0.4 is 0 Å². The van der Waals surface area contributed by atoms with Gasteiger partial charge in [0.05, 0.1) is 0 Å². The van der Waals surface area contributed by atoms with E-state index in [2.05, 4.69) is 11.8 Å². The molecule has 148 valence electrons. The van der Waals surface area contributed by atoms with Gasteiger partial charge < -0.3 is 9.80 Å². The molecule has 4 nitrogen and oxygen atoms in total.